The standard InChI is InChI=1S/C19H18N2O4/c1-12-5-4-6-13(7-12)18-17(20-11-25-18)19(22)21-14-8-15(23-2)10-16(9-14)24-3/h4-11H,1-3H3,(H,21,22). The van der Waals surface area contributed by atoms with Crippen LogP contribution in [0.2, 0.25) is 0 Å². The number of hydrogen-bond donors (Lipinski definition) is 1. The molecule has 2 aromatic carbocycles. The van der Waals surface area contributed by atoms with E-state index in [4.69, 9.17) is 13.9 Å². The van der Waals surface area contributed by atoms with Crippen molar-refractivity contribution in [3.05, 3.63) is 60.1 Å². The molecule has 1 aromatic heterocycles. The lowest BCUT2D eigenvalue weighted by atomic mass is 10.1. The molecule has 1 N–H and O–H groups in total. The summed E-state index contributed by atoms with van der Waals surface area (Å²) in [6.45, 7) is 1.97. The minimum Gasteiger partial charge on any atom is -0.497 e. The summed E-state index contributed by atoms with van der Waals surface area (Å²) in [7, 11) is 3.10. The average molecular weight is 338 g/mol. The molecule has 0 bridgehead atoms. The summed E-state index contributed by atoms with van der Waals surface area (Å²) < 4.78 is 15.9. The molecule has 0 aliphatic carbocycles. The SMILES string of the molecule is COc1cc(NC(=O)c2ncoc2-c2cccc(C)c2)cc(OC)c1. The molecular weight excluding hydrogens is 320 g/mol. The van der Waals surface area contributed by atoms with Crippen molar-refractivity contribution < 1.29 is 18.7 Å². The molecule has 0 fully saturated rings. The summed E-state index contributed by atoms with van der Waals surface area (Å²) in [5, 5.41) is 2.80. The molecular formula is C19H18N2O4. The molecule has 0 radical (unpaired) electrons. The number of oxazole rings is 1. The van der Waals surface area contributed by atoms with Gasteiger partial charge in [0.1, 0.15) is 11.5 Å². The van der Waals surface area contributed by atoms with Gasteiger partial charge in [-0.05, 0) is 13.0 Å². The summed E-state index contributed by atoms with van der Waals surface area (Å²) in [6, 6.07) is 12.8. The van der Waals surface area contributed by atoms with Gasteiger partial charge in [0, 0.05) is 29.4 Å². The molecule has 0 aliphatic heterocycles. The van der Waals surface area contributed by atoms with Gasteiger partial charge in [-0.2, -0.15) is 0 Å². The highest BCUT2D eigenvalue weighted by molar-refractivity contribution is 6.06. The Hall–Kier alpha value is -3.28. The van der Waals surface area contributed by atoms with E-state index in [1.165, 1.54) is 6.39 Å². The Morgan fingerprint density at radius 3 is 2.44 bits per heavy atom. The molecule has 6 heteroatoms. The van der Waals surface area contributed by atoms with Crippen LogP contribution in [0.5, 0.6) is 11.5 Å². The summed E-state index contributed by atoms with van der Waals surface area (Å²) >= 11 is 0. The van der Waals surface area contributed by atoms with E-state index in [2.05, 4.69) is 10.3 Å². The number of carbonyl (C=O) groups excluding carboxylic acids is 1. The molecule has 3 rings (SSSR count). The fourth-order valence-electron chi connectivity index (χ4n) is 2.47. The van der Waals surface area contributed by atoms with E-state index in [1.54, 1.807) is 32.4 Å². The van der Waals surface area contributed by atoms with Crippen LogP contribution in [0.1, 0.15) is 16.1 Å². The van der Waals surface area contributed by atoms with Gasteiger partial charge in [-0.25, -0.2) is 4.98 Å². The molecule has 0 aliphatic rings. The van der Waals surface area contributed by atoms with Gasteiger partial charge < -0.3 is 19.2 Å². The molecule has 6 nitrogen and oxygen atoms in total. The van der Waals surface area contributed by atoms with Crippen LogP contribution in [-0.2, 0) is 0 Å². The van der Waals surface area contributed by atoms with Gasteiger partial charge in [-0.1, -0.05) is 23.8 Å². The zero-order valence-electron chi connectivity index (χ0n) is 14.2. The molecule has 0 saturated heterocycles. The van der Waals surface area contributed by atoms with E-state index in [9.17, 15) is 4.79 Å². The van der Waals surface area contributed by atoms with Crippen molar-refractivity contribution in [2.45, 2.75) is 6.92 Å². The number of nitrogens with zero attached hydrogens (tertiary/aromatic N) is 1. The van der Waals surface area contributed by atoms with Crippen molar-refractivity contribution in [3.8, 4) is 22.8 Å². The number of methoxy groups -OCH3 is 2. The number of aryl methyl sites for hydroxylation is 1. The highest BCUT2D eigenvalue weighted by atomic mass is 16.5. The number of rotatable bonds is 5. The second-order valence-corrected chi connectivity index (χ2v) is 5.46. The van der Waals surface area contributed by atoms with Crippen LogP contribution in [0.15, 0.2) is 53.3 Å². The molecule has 128 valence electrons. The molecule has 3 aromatic rings. The van der Waals surface area contributed by atoms with E-state index in [0.29, 0.717) is 22.9 Å². The first kappa shape index (κ1) is 16.6. The number of carbonyl (C=O) groups is 1. The monoisotopic (exact) mass is 338 g/mol. The Kier molecular flexibility index (Phi) is 4.70. The van der Waals surface area contributed by atoms with E-state index in [-0.39, 0.29) is 11.6 Å². The van der Waals surface area contributed by atoms with E-state index >= 15 is 0 Å². The number of aromatic nitrogens is 1. The first-order valence-electron chi connectivity index (χ1n) is 7.65. The average Bonchev–Trinajstić information content (AvgIpc) is 3.11. The van der Waals surface area contributed by atoms with Crippen LogP contribution in [0.3, 0.4) is 0 Å². The van der Waals surface area contributed by atoms with Crippen LogP contribution < -0.4 is 14.8 Å². The number of ether oxygens (including phenoxy) is 2. The third-order valence-corrected chi connectivity index (χ3v) is 3.67. The van der Waals surface area contributed by atoms with Crippen molar-refractivity contribution >= 4 is 11.6 Å². The maximum atomic E-state index is 12.6. The normalized spacial score (nSPS) is 10.4. The lowest BCUT2D eigenvalue weighted by Gasteiger charge is -2.09. The molecule has 25 heavy (non-hydrogen) atoms. The van der Waals surface area contributed by atoms with Gasteiger partial charge in [0.25, 0.3) is 5.91 Å². The minimum absolute atomic E-state index is 0.215. The Morgan fingerprint density at radius 2 is 1.80 bits per heavy atom. The van der Waals surface area contributed by atoms with E-state index in [1.807, 2.05) is 31.2 Å². The van der Waals surface area contributed by atoms with Gasteiger partial charge in [-0.3, -0.25) is 4.79 Å². The topological polar surface area (TPSA) is 73.6 Å². The van der Waals surface area contributed by atoms with Crippen molar-refractivity contribution in [2.24, 2.45) is 0 Å². The fraction of sp³-hybridized carbons (Fsp3) is 0.158. The number of hydrogen-bond acceptors (Lipinski definition) is 5. The number of anilines is 1. The second kappa shape index (κ2) is 7.09. The summed E-state index contributed by atoms with van der Waals surface area (Å²) in [4.78, 5) is 16.7. The van der Waals surface area contributed by atoms with Crippen molar-refractivity contribution in [2.75, 3.05) is 19.5 Å². The highest BCUT2D eigenvalue weighted by Gasteiger charge is 2.19. The Bertz CT molecular complexity index is 880. The van der Waals surface area contributed by atoms with Crippen LogP contribution in [-0.4, -0.2) is 25.1 Å². The first-order valence-corrected chi connectivity index (χ1v) is 7.65. The smallest absolute Gasteiger partial charge is 0.278 e. The van der Waals surface area contributed by atoms with Gasteiger partial charge >= 0.3 is 0 Å². The molecule has 0 spiro atoms. The molecule has 0 atom stereocenters. The largest absolute Gasteiger partial charge is 0.497 e. The van der Waals surface area contributed by atoms with Gasteiger partial charge in [-0.15, -0.1) is 0 Å². The first-order chi connectivity index (χ1) is 12.1. The molecule has 0 unspecified atom stereocenters. The van der Waals surface area contributed by atoms with Crippen molar-refractivity contribution in [1.82, 2.24) is 4.98 Å². The molecule has 1 amide bonds. The zero-order valence-corrected chi connectivity index (χ0v) is 14.2. The third kappa shape index (κ3) is 3.63. The van der Waals surface area contributed by atoms with Crippen LogP contribution >= 0.6 is 0 Å². The van der Waals surface area contributed by atoms with Crippen LogP contribution in [0, 0.1) is 6.92 Å². The number of benzene rings is 2. The molecule has 0 saturated carbocycles. The molecule has 1 heterocycles. The Labute approximate surface area is 145 Å². The maximum Gasteiger partial charge on any atom is 0.278 e. The predicted octanol–water partition coefficient (Wildman–Crippen LogP) is 3.92. The number of nitrogens with one attached hydrogen (secondary N) is 1. The fourth-order valence-corrected chi connectivity index (χ4v) is 2.47. The minimum atomic E-state index is -0.374. The predicted molar refractivity (Wildman–Crippen MR) is 94.2 cm³/mol. The zero-order chi connectivity index (χ0) is 17.8. The lowest BCUT2D eigenvalue weighted by molar-refractivity contribution is 0.102. The maximum absolute atomic E-state index is 12.6. The van der Waals surface area contributed by atoms with Crippen LogP contribution in [0.25, 0.3) is 11.3 Å². The van der Waals surface area contributed by atoms with Crippen LogP contribution in [0.4, 0.5) is 5.69 Å². The highest BCUT2D eigenvalue weighted by Crippen LogP contribution is 2.28. The van der Waals surface area contributed by atoms with Gasteiger partial charge in [0.2, 0.25) is 0 Å². The van der Waals surface area contributed by atoms with Gasteiger partial charge in [0.15, 0.2) is 17.8 Å². The third-order valence-electron chi connectivity index (χ3n) is 3.67. The Balaban J connectivity index is 1.89. The summed E-state index contributed by atoms with van der Waals surface area (Å²) in [6.07, 6.45) is 1.26. The lowest BCUT2D eigenvalue weighted by Crippen LogP contribution is -2.13. The number of amides is 1. The van der Waals surface area contributed by atoms with E-state index < -0.39 is 0 Å². The van der Waals surface area contributed by atoms with E-state index in [0.717, 1.165) is 11.1 Å². The van der Waals surface area contributed by atoms with Crippen molar-refractivity contribution in [1.29, 1.82) is 0 Å². The Morgan fingerprint density at radius 1 is 1.08 bits per heavy atom. The van der Waals surface area contributed by atoms with Crippen molar-refractivity contribution in [3.63, 3.8) is 0 Å². The second-order valence-electron chi connectivity index (χ2n) is 5.46. The quantitative estimate of drug-likeness (QED) is 0.763. The van der Waals surface area contributed by atoms with Gasteiger partial charge in [0.05, 0.1) is 14.2 Å². The summed E-state index contributed by atoms with van der Waals surface area (Å²) in [5.74, 6) is 1.21. The summed E-state index contributed by atoms with van der Waals surface area (Å²) in [5.41, 5.74) is 2.62.